The van der Waals surface area contributed by atoms with Crippen molar-refractivity contribution >= 4 is 0 Å². The quantitative estimate of drug-likeness (QED) is 0.498. The molecule has 3 atom stereocenters. The average molecular weight is 221 g/mol. The Labute approximate surface area is 101 Å². The lowest BCUT2D eigenvalue weighted by Gasteiger charge is -2.26. The van der Waals surface area contributed by atoms with Crippen LogP contribution in [0.3, 0.4) is 0 Å². The second-order valence-electron chi connectivity index (χ2n) is 5.60. The van der Waals surface area contributed by atoms with Crippen molar-refractivity contribution < 1.29 is 0 Å². The van der Waals surface area contributed by atoms with Crippen molar-refractivity contribution in [2.24, 2.45) is 0 Å². The normalized spacial score (nSPS) is 35.0. The van der Waals surface area contributed by atoms with Crippen LogP contribution in [0.25, 0.3) is 0 Å². The van der Waals surface area contributed by atoms with Crippen LogP contribution in [-0.4, -0.2) is 23.0 Å². The molecule has 0 radical (unpaired) electrons. The maximum Gasteiger partial charge on any atom is 0.0284 e. The number of unbranched alkanes of at least 4 members (excludes halogenated alkanes) is 3. The van der Waals surface area contributed by atoms with Crippen molar-refractivity contribution in [2.75, 3.05) is 0 Å². The van der Waals surface area contributed by atoms with E-state index in [2.05, 4.69) is 30.9 Å². The van der Waals surface area contributed by atoms with Crippen molar-refractivity contribution in [3.63, 3.8) is 0 Å². The van der Waals surface area contributed by atoms with E-state index in [-0.39, 0.29) is 0 Å². The molecule has 2 saturated heterocycles. The highest BCUT2D eigenvalue weighted by molar-refractivity contribution is 5.05. The number of hydrogen-bond donors (Lipinski definition) is 0. The number of hydrogen-bond acceptors (Lipinski definition) is 1. The number of fused-ring (bicyclic) bond motifs is 1. The van der Waals surface area contributed by atoms with Gasteiger partial charge in [0.1, 0.15) is 0 Å². The molecule has 2 fully saturated rings. The van der Waals surface area contributed by atoms with E-state index in [1.54, 1.807) is 0 Å². The van der Waals surface area contributed by atoms with Crippen molar-refractivity contribution in [1.82, 2.24) is 4.90 Å². The van der Waals surface area contributed by atoms with Gasteiger partial charge in [-0.25, -0.2) is 0 Å². The second-order valence-corrected chi connectivity index (χ2v) is 5.60. The summed E-state index contributed by atoms with van der Waals surface area (Å²) in [7, 11) is 0. The Morgan fingerprint density at radius 2 is 1.94 bits per heavy atom. The summed E-state index contributed by atoms with van der Waals surface area (Å²) in [6.07, 6.45) is 16.0. The molecule has 92 valence electrons. The zero-order chi connectivity index (χ0) is 11.4. The Kier molecular flexibility index (Phi) is 4.45. The van der Waals surface area contributed by atoms with Crippen LogP contribution in [0.5, 0.6) is 0 Å². The van der Waals surface area contributed by atoms with Gasteiger partial charge in [0.05, 0.1) is 0 Å². The van der Waals surface area contributed by atoms with Crippen molar-refractivity contribution in [1.29, 1.82) is 0 Å². The Morgan fingerprint density at radius 1 is 1.12 bits per heavy atom. The number of nitrogens with zero attached hydrogens (tertiary/aromatic N) is 1. The van der Waals surface area contributed by atoms with Gasteiger partial charge in [-0.05, 0) is 45.4 Å². The molecule has 0 aromatic rings. The van der Waals surface area contributed by atoms with E-state index in [9.17, 15) is 0 Å². The summed E-state index contributed by atoms with van der Waals surface area (Å²) in [4.78, 5) is 2.77. The molecule has 2 aliphatic rings. The third-order valence-corrected chi connectivity index (χ3v) is 4.36. The zero-order valence-corrected chi connectivity index (χ0v) is 11.0. The minimum Gasteiger partial charge on any atom is -0.291 e. The van der Waals surface area contributed by atoms with Crippen LogP contribution < -0.4 is 0 Å². The lowest BCUT2D eigenvalue weighted by Crippen LogP contribution is -2.35. The largest absolute Gasteiger partial charge is 0.291 e. The number of allylic oxidation sites excluding steroid dienone is 1. The maximum atomic E-state index is 2.77. The molecule has 0 aromatic heterocycles. The van der Waals surface area contributed by atoms with Gasteiger partial charge in [0.15, 0.2) is 0 Å². The van der Waals surface area contributed by atoms with E-state index in [1.165, 1.54) is 51.4 Å². The van der Waals surface area contributed by atoms with Crippen LogP contribution in [0, 0.1) is 0 Å². The monoisotopic (exact) mass is 221 g/mol. The van der Waals surface area contributed by atoms with E-state index in [0.717, 1.165) is 18.1 Å². The fourth-order valence-electron chi connectivity index (χ4n) is 3.46. The van der Waals surface area contributed by atoms with E-state index in [0.29, 0.717) is 0 Å². The van der Waals surface area contributed by atoms with Crippen LogP contribution in [0.15, 0.2) is 12.2 Å². The van der Waals surface area contributed by atoms with Crippen LogP contribution in [0.4, 0.5) is 0 Å². The van der Waals surface area contributed by atoms with Crippen LogP contribution in [-0.2, 0) is 0 Å². The SMILES string of the molecule is CCCCC/C=C/[C@H]1CC[C@@H]2CC[C@@H](C)N21. The molecule has 2 heterocycles. The van der Waals surface area contributed by atoms with E-state index >= 15 is 0 Å². The standard InChI is InChI=1S/C15H27N/c1-3-4-5-6-7-8-14-11-12-15-10-9-13(2)16(14)15/h7-8,13-15H,3-6,9-12H2,1-2H3/b8-7+/t13-,14+,15+/m1/s1. The Balaban J connectivity index is 1.77. The van der Waals surface area contributed by atoms with E-state index < -0.39 is 0 Å². The second kappa shape index (κ2) is 5.86. The highest BCUT2D eigenvalue weighted by atomic mass is 15.2. The third-order valence-electron chi connectivity index (χ3n) is 4.36. The predicted molar refractivity (Wildman–Crippen MR) is 70.6 cm³/mol. The first-order valence-electron chi connectivity index (χ1n) is 7.27. The molecule has 0 amide bonds. The maximum absolute atomic E-state index is 2.77. The Morgan fingerprint density at radius 3 is 2.75 bits per heavy atom. The molecule has 0 aliphatic carbocycles. The van der Waals surface area contributed by atoms with Crippen LogP contribution >= 0.6 is 0 Å². The molecule has 0 N–H and O–H groups in total. The lowest BCUT2D eigenvalue weighted by molar-refractivity contribution is 0.220. The van der Waals surface area contributed by atoms with Gasteiger partial charge in [-0.15, -0.1) is 0 Å². The molecular formula is C15H27N. The van der Waals surface area contributed by atoms with E-state index in [4.69, 9.17) is 0 Å². The molecule has 2 aliphatic heterocycles. The molecule has 0 aromatic carbocycles. The van der Waals surface area contributed by atoms with Crippen LogP contribution in [0.1, 0.15) is 65.2 Å². The Bertz CT molecular complexity index is 234. The summed E-state index contributed by atoms with van der Waals surface area (Å²) in [5.41, 5.74) is 0. The molecule has 0 saturated carbocycles. The molecule has 0 unspecified atom stereocenters. The molecule has 1 nitrogen and oxygen atoms in total. The Hall–Kier alpha value is -0.300. The fourth-order valence-corrected chi connectivity index (χ4v) is 3.46. The van der Waals surface area contributed by atoms with Crippen molar-refractivity contribution in [3.05, 3.63) is 12.2 Å². The number of rotatable bonds is 5. The van der Waals surface area contributed by atoms with E-state index in [1.807, 2.05) is 0 Å². The average Bonchev–Trinajstić information content (AvgIpc) is 2.83. The molecule has 16 heavy (non-hydrogen) atoms. The van der Waals surface area contributed by atoms with Gasteiger partial charge in [-0.3, -0.25) is 4.90 Å². The van der Waals surface area contributed by atoms with Gasteiger partial charge in [0, 0.05) is 18.1 Å². The van der Waals surface area contributed by atoms with Crippen LogP contribution in [0.2, 0.25) is 0 Å². The summed E-state index contributed by atoms with van der Waals surface area (Å²) in [5.74, 6) is 0. The highest BCUT2D eigenvalue weighted by Crippen LogP contribution is 2.36. The summed E-state index contributed by atoms with van der Waals surface area (Å²) >= 11 is 0. The summed E-state index contributed by atoms with van der Waals surface area (Å²) in [6, 6.07) is 2.52. The fraction of sp³-hybridized carbons (Fsp3) is 0.867. The lowest BCUT2D eigenvalue weighted by atomic mass is 10.1. The summed E-state index contributed by atoms with van der Waals surface area (Å²) < 4.78 is 0. The van der Waals surface area contributed by atoms with Gasteiger partial charge >= 0.3 is 0 Å². The van der Waals surface area contributed by atoms with Crippen molar-refractivity contribution in [3.8, 4) is 0 Å². The summed E-state index contributed by atoms with van der Waals surface area (Å²) in [6.45, 7) is 4.68. The third kappa shape index (κ3) is 2.68. The molecule has 1 heteroatoms. The van der Waals surface area contributed by atoms with Gasteiger partial charge in [-0.1, -0.05) is 31.9 Å². The smallest absolute Gasteiger partial charge is 0.0284 e. The van der Waals surface area contributed by atoms with Gasteiger partial charge < -0.3 is 0 Å². The summed E-state index contributed by atoms with van der Waals surface area (Å²) in [5, 5.41) is 0. The van der Waals surface area contributed by atoms with Gasteiger partial charge in [0.25, 0.3) is 0 Å². The minimum atomic E-state index is 0.768. The first-order chi connectivity index (χ1) is 7.83. The molecule has 0 bridgehead atoms. The minimum absolute atomic E-state index is 0.768. The molecular weight excluding hydrogens is 194 g/mol. The van der Waals surface area contributed by atoms with Gasteiger partial charge in [0.2, 0.25) is 0 Å². The zero-order valence-electron chi connectivity index (χ0n) is 11.0. The topological polar surface area (TPSA) is 3.24 Å². The molecule has 2 rings (SSSR count). The highest BCUT2D eigenvalue weighted by Gasteiger charge is 2.39. The van der Waals surface area contributed by atoms with Crippen molar-refractivity contribution in [2.45, 2.75) is 83.3 Å². The predicted octanol–water partition coefficient (Wildman–Crippen LogP) is 4.14. The molecule has 0 spiro atoms. The first-order valence-corrected chi connectivity index (χ1v) is 7.27. The first kappa shape index (κ1) is 12.2. The van der Waals surface area contributed by atoms with Gasteiger partial charge in [-0.2, -0.15) is 0 Å².